The lowest BCUT2D eigenvalue weighted by Gasteiger charge is -2.28. The Labute approximate surface area is 76.7 Å². The first-order chi connectivity index (χ1) is 5.67. The molecule has 0 aliphatic heterocycles. The lowest BCUT2D eigenvalue weighted by atomic mass is 9.97. The number of hydrogen-bond acceptors (Lipinski definition) is 2. The van der Waals surface area contributed by atoms with Gasteiger partial charge in [0.25, 0.3) is 0 Å². The van der Waals surface area contributed by atoms with Gasteiger partial charge in [-0.15, -0.1) is 0 Å². The molecule has 0 saturated carbocycles. The molecule has 0 spiro atoms. The van der Waals surface area contributed by atoms with Crippen molar-refractivity contribution in [2.24, 2.45) is 5.92 Å². The van der Waals surface area contributed by atoms with E-state index in [4.69, 9.17) is 4.74 Å². The zero-order valence-electron chi connectivity index (χ0n) is 9.05. The SMILES string of the molecule is CCOC(CC)C(NC)C(C)C. The van der Waals surface area contributed by atoms with Gasteiger partial charge in [0.15, 0.2) is 0 Å². The smallest absolute Gasteiger partial charge is 0.0727 e. The average Bonchev–Trinajstić information content (AvgIpc) is 2.03. The van der Waals surface area contributed by atoms with Gasteiger partial charge in [0, 0.05) is 12.6 Å². The highest BCUT2D eigenvalue weighted by molar-refractivity contribution is 4.77. The molecule has 0 amide bonds. The molecule has 0 aromatic carbocycles. The van der Waals surface area contributed by atoms with Crippen LogP contribution in [0.5, 0.6) is 0 Å². The van der Waals surface area contributed by atoms with Crippen molar-refractivity contribution in [3.05, 3.63) is 0 Å². The Morgan fingerprint density at radius 2 is 1.83 bits per heavy atom. The number of likely N-dealkylation sites (N-methyl/N-ethyl adjacent to an activating group) is 1. The highest BCUT2D eigenvalue weighted by atomic mass is 16.5. The minimum absolute atomic E-state index is 0.361. The van der Waals surface area contributed by atoms with Crippen LogP contribution in [0.2, 0.25) is 0 Å². The van der Waals surface area contributed by atoms with E-state index in [1.807, 2.05) is 7.05 Å². The molecule has 0 aromatic rings. The first-order valence-corrected chi connectivity index (χ1v) is 4.96. The van der Waals surface area contributed by atoms with Crippen molar-refractivity contribution < 1.29 is 4.74 Å². The van der Waals surface area contributed by atoms with E-state index < -0.39 is 0 Å². The molecule has 0 aromatic heterocycles. The molecule has 0 heterocycles. The zero-order chi connectivity index (χ0) is 9.56. The van der Waals surface area contributed by atoms with Gasteiger partial charge in [-0.2, -0.15) is 0 Å². The maximum atomic E-state index is 5.64. The number of hydrogen-bond donors (Lipinski definition) is 1. The minimum atomic E-state index is 0.361. The molecule has 0 aliphatic rings. The summed E-state index contributed by atoms with van der Waals surface area (Å²) in [5.41, 5.74) is 0. The Bertz CT molecular complexity index is 104. The number of rotatable bonds is 6. The summed E-state index contributed by atoms with van der Waals surface area (Å²) >= 11 is 0. The van der Waals surface area contributed by atoms with Crippen LogP contribution in [0.4, 0.5) is 0 Å². The van der Waals surface area contributed by atoms with E-state index in [2.05, 4.69) is 33.0 Å². The second-order valence-electron chi connectivity index (χ2n) is 3.46. The van der Waals surface area contributed by atoms with Crippen LogP contribution in [0, 0.1) is 5.92 Å². The molecule has 0 rings (SSSR count). The molecule has 0 aliphatic carbocycles. The number of ether oxygens (including phenoxy) is 1. The van der Waals surface area contributed by atoms with Crippen LogP contribution < -0.4 is 5.32 Å². The fourth-order valence-electron chi connectivity index (χ4n) is 1.64. The van der Waals surface area contributed by atoms with E-state index in [1.165, 1.54) is 0 Å². The van der Waals surface area contributed by atoms with Crippen LogP contribution in [-0.2, 0) is 4.74 Å². The second-order valence-corrected chi connectivity index (χ2v) is 3.46. The largest absolute Gasteiger partial charge is 0.377 e. The molecular weight excluding hydrogens is 150 g/mol. The maximum absolute atomic E-state index is 5.64. The molecular formula is C10H23NO. The molecule has 0 radical (unpaired) electrons. The van der Waals surface area contributed by atoms with Gasteiger partial charge in [0.1, 0.15) is 0 Å². The van der Waals surface area contributed by atoms with Gasteiger partial charge in [-0.25, -0.2) is 0 Å². The molecule has 2 nitrogen and oxygen atoms in total. The first kappa shape index (κ1) is 11.9. The molecule has 0 bridgehead atoms. The molecule has 2 unspecified atom stereocenters. The van der Waals surface area contributed by atoms with Crippen molar-refractivity contribution in [2.45, 2.75) is 46.3 Å². The van der Waals surface area contributed by atoms with Crippen molar-refractivity contribution in [1.29, 1.82) is 0 Å². The molecule has 0 fully saturated rings. The van der Waals surface area contributed by atoms with Crippen LogP contribution in [-0.4, -0.2) is 25.8 Å². The Morgan fingerprint density at radius 1 is 1.25 bits per heavy atom. The minimum Gasteiger partial charge on any atom is -0.377 e. The van der Waals surface area contributed by atoms with Crippen LogP contribution in [0.3, 0.4) is 0 Å². The average molecular weight is 173 g/mol. The van der Waals surface area contributed by atoms with Gasteiger partial charge >= 0.3 is 0 Å². The molecule has 0 saturated heterocycles. The standard InChI is InChI=1S/C10H23NO/c1-6-9(12-7-2)10(11-5)8(3)4/h8-11H,6-7H2,1-5H3. The third kappa shape index (κ3) is 3.55. The van der Waals surface area contributed by atoms with Crippen LogP contribution in [0.1, 0.15) is 34.1 Å². The third-order valence-electron chi connectivity index (χ3n) is 2.24. The predicted molar refractivity (Wildman–Crippen MR) is 53.4 cm³/mol. The fourth-order valence-corrected chi connectivity index (χ4v) is 1.64. The van der Waals surface area contributed by atoms with Crippen LogP contribution >= 0.6 is 0 Å². The zero-order valence-corrected chi connectivity index (χ0v) is 9.05. The summed E-state index contributed by atoms with van der Waals surface area (Å²) in [7, 11) is 2.01. The fraction of sp³-hybridized carbons (Fsp3) is 1.00. The normalized spacial score (nSPS) is 16.5. The topological polar surface area (TPSA) is 21.3 Å². The summed E-state index contributed by atoms with van der Waals surface area (Å²) in [6.45, 7) is 9.48. The molecule has 2 heteroatoms. The van der Waals surface area contributed by atoms with Crippen molar-refractivity contribution in [3.63, 3.8) is 0 Å². The molecule has 12 heavy (non-hydrogen) atoms. The summed E-state index contributed by atoms with van der Waals surface area (Å²) in [5.74, 6) is 0.631. The highest BCUT2D eigenvalue weighted by Gasteiger charge is 2.21. The van der Waals surface area contributed by atoms with Gasteiger partial charge < -0.3 is 10.1 Å². The van der Waals surface area contributed by atoms with Crippen molar-refractivity contribution >= 4 is 0 Å². The summed E-state index contributed by atoms with van der Waals surface area (Å²) in [6, 6.07) is 0.481. The van der Waals surface area contributed by atoms with E-state index in [1.54, 1.807) is 0 Å². The number of nitrogens with one attached hydrogen (secondary N) is 1. The predicted octanol–water partition coefficient (Wildman–Crippen LogP) is 2.05. The lowest BCUT2D eigenvalue weighted by Crippen LogP contribution is -2.43. The van der Waals surface area contributed by atoms with Gasteiger partial charge in [0.05, 0.1) is 6.10 Å². The Kier molecular flexibility index (Phi) is 6.39. The Morgan fingerprint density at radius 3 is 2.08 bits per heavy atom. The van der Waals surface area contributed by atoms with Crippen LogP contribution in [0.15, 0.2) is 0 Å². The summed E-state index contributed by atoms with van der Waals surface area (Å²) in [6.07, 6.45) is 1.44. The van der Waals surface area contributed by atoms with Gasteiger partial charge in [-0.05, 0) is 26.3 Å². The maximum Gasteiger partial charge on any atom is 0.0727 e. The van der Waals surface area contributed by atoms with Crippen molar-refractivity contribution in [3.8, 4) is 0 Å². The molecule has 74 valence electrons. The van der Waals surface area contributed by atoms with E-state index in [0.717, 1.165) is 13.0 Å². The van der Waals surface area contributed by atoms with Gasteiger partial charge in [-0.3, -0.25) is 0 Å². The van der Waals surface area contributed by atoms with Crippen molar-refractivity contribution in [1.82, 2.24) is 5.32 Å². The van der Waals surface area contributed by atoms with E-state index in [0.29, 0.717) is 18.1 Å². The molecule has 2 atom stereocenters. The first-order valence-electron chi connectivity index (χ1n) is 4.96. The highest BCUT2D eigenvalue weighted by Crippen LogP contribution is 2.12. The van der Waals surface area contributed by atoms with E-state index >= 15 is 0 Å². The summed E-state index contributed by atoms with van der Waals surface area (Å²) < 4.78 is 5.64. The Balaban J connectivity index is 4.02. The lowest BCUT2D eigenvalue weighted by molar-refractivity contribution is 0.0217. The van der Waals surface area contributed by atoms with E-state index in [9.17, 15) is 0 Å². The second kappa shape index (κ2) is 6.44. The van der Waals surface area contributed by atoms with Gasteiger partial charge in [0.2, 0.25) is 0 Å². The van der Waals surface area contributed by atoms with E-state index in [-0.39, 0.29) is 0 Å². The summed E-state index contributed by atoms with van der Waals surface area (Å²) in [4.78, 5) is 0. The monoisotopic (exact) mass is 173 g/mol. The summed E-state index contributed by atoms with van der Waals surface area (Å²) in [5, 5.41) is 3.31. The van der Waals surface area contributed by atoms with Crippen LogP contribution in [0.25, 0.3) is 0 Å². The van der Waals surface area contributed by atoms with Crippen molar-refractivity contribution in [2.75, 3.05) is 13.7 Å². The van der Waals surface area contributed by atoms with Gasteiger partial charge in [-0.1, -0.05) is 20.8 Å². The quantitative estimate of drug-likeness (QED) is 0.663. The molecule has 1 N–H and O–H groups in total. The third-order valence-corrected chi connectivity index (χ3v) is 2.24. The Hall–Kier alpha value is -0.0800.